The number of likely N-dealkylation sites (N-methyl/N-ethyl adjacent to an activating group) is 2. The Morgan fingerprint density at radius 3 is 2.21 bits per heavy atom. The maximum absolute atomic E-state index is 11.7. The highest BCUT2D eigenvalue weighted by atomic mass is 16.4. The zero-order valence-electron chi connectivity index (χ0n) is 10.5. The molecule has 104 valence electrons. The van der Waals surface area contributed by atoms with Crippen molar-refractivity contribution in [3.8, 4) is 0 Å². The number of nitrogens with zero attached hydrogens (tertiary/aromatic N) is 3. The summed E-state index contributed by atoms with van der Waals surface area (Å²) in [4.78, 5) is 58.4. The highest BCUT2D eigenvalue weighted by molar-refractivity contribution is 6.44. The van der Waals surface area contributed by atoms with Crippen LogP contribution in [0.25, 0.3) is 0 Å². The quantitative estimate of drug-likeness (QED) is 0.472. The van der Waals surface area contributed by atoms with Gasteiger partial charge in [0.1, 0.15) is 6.54 Å². The molecule has 0 unspecified atom stereocenters. The fourth-order valence-electron chi connectivity index (χ4n) is 1.40. The molecule has 0 bridgehead atoms. The molecule has 0 aliphatic carbocycles. The summed E-state index contributed by atoms with van der Waals surface area (Å²) in [6.07, 6.45) is -0.247. The molecular formula is C10H13N3O6. The summed E-state index contributed by atoms with van der Waals surface area (Å²) in [7, 11) is 2.49. The summed E-state index contributed by atoms with van der Waals surface area (Å²) in [5.41, 5.74) is 0. The zero-order chi connectivity index (χ0) is 14.7. The first-order valence-electron chi connectivity index (χ1n) is 5.35. The van der Waals surface area contributed by atoms with Gasteiger partial charge in [0.2, 0.25) is 5.91 Å². The molecule has 0 radical (unpaired) electrons. The molecule has 0 aromatic rings. The normalized spacial score (nSPS) is 15.2. The van der Waals surface area contributed by atoms with Crippen molar-refractivity contribution in [2.45, 2.75) is 6.42 Å². The van der Waals surface area contributed by atoms with Crippen molar-refractivity contribution in [1.82, 2.24) is 14.7 Å². The van der Waals surface area contributed by atoms with Gasteiger partial charge in [-0.2, -0.15) is 0 Å². The van der Waals surface area contributed by atoms with Gasteiger partial charge in [-0.25, -0.2) is 9.69 Å². The summed E-state index contributed by atoms with van der Waals surface area (Å²) in [5.74, 6) is -3.74. The number of imide groups is 2. The van der Waals surface area contributed by atoms with Crippen LogP contribution in [-0.4, -0.2) is 76.7 Å². The predicted molar refractivity (Wildman–Crippen MR) is 59.8 cm³/mol. The number of rotatable bonds is 5. The standard InChI is InChI=1S/C10H13N3O6/c1-11(4-3-7(15)16)6(14)5-13-9(18)8(17)12(2)10(13)19/h3-5H2,1-2H3,(H,15,16). The fourth-order valence-corrected chi connectivity index (χ4v) is 1.40. The third-order valence-corrected chi connectivity index (χ3v) is 2.63. The van der Waals surface area contributed by atoms with Crippen LogP contribution in [0.4, 0.5) is 4.79 Å². The summed E-state index contributed by atoms with van der Waals surface area (Å²) in [6, 6.07) is -0.866. The third-order valence-electron chi connectivity index (χ3n) is 2.63. The topological polar surface area (TPSA) is 115 Å². The molecule has 1 rings (SSSR count). The number of hydrogen-bond acceptors (Lipinski definition) is 5. The predicted octanol–water partition coefficient (Wildman–Crippen LogP) is -1.66. The van der Waals surface area contributed by atoms with Crippen molar-refractivity contribution in [2.75, 3.05) is 27.2 Å². The lowest BCUT2D eigenvalue weighted by molar-refractivity contribution is -0.144. The molecular weight excluding hydrogens is 258 g/mol. The van der Waals surface area contributed by atoms with Crippen molar-refractivity contribution < 1.29 is 29.1 Å². The zero-order valence-corrected chi connectivity index (χ0v) is 10.5. The van der Waals surface area contributed by atoms with Gasteiger partial charge < -0.3 is 10.0 Å². The number of carboxylic acids is 1. The highest BCUT2D eigenvalue weighted by Crippen LogP contribution is 2.09. The van der Waals surface area contributed by atoms with Crippen LogP contribution in [0.5, 0.6) is 0 Å². The van der Waals surface area contributed by atoms with Crippen molar-refractivity contribution in [3.63, 3.8) is 0 Å². The lowest BCUT2D eigenvalue weighted by Gasteiger charge is -2.19. The molecule has 1 saturated heterocycles. The van der Waals surface area contributed by atoms with E-state index in [4.69, 9.17) is 5.11 Å². The minimum Gasteiger partial charge on any atom is -0.481 e. The molecule has 9 heteroatoms. The van der Waals surface area contributed by atoms with Crippen LogP contribution in [0.1, 0.15) is 6.42 Å². The second kappa shape index (κ2) is 5.46. The first-order chi connectivity index (χ1) is 8.75. The number of urea groups is 1. The van der Waals surface area contributed by atoms with Crippen molar-refractivity contribution >= 4 is 29.7 Å². The fraction of sp³-hybridized carbons (Fsp3) is 0.500. The Morgan fingerprint density at radius 1 is 1.21 bits per heavy atom. The minimum atomic E-state index is -1.07. The Bertz CT molecular complexity index is 460. The van der Waals surface area contributed by atoms with E-state index in [1.165, 1.54) is 7.05 Å². The van der Waals surface area contributed by atoms with Crippen LogP contribution in [0.2, 0.25) is 0 Å². The molecule has 1 fully saturated rings. The Hall–Kier alpha value is -2.45. The van der Waals surface area contributed by atoms with Gasteiger partial charge in [-0.3, -0.25) is 24.1 Å². The molecule has 1 N–H and O–H groups in total. The second-order valence-corrected chi connectivity index (χ2v) is 4.00. The average Bonchev–Trinajstić information content (AvgIpc) is 2.53. The number of carbonyl (C=O) groups is 5. The van der Waals surface area contributed by atoms with E-state index in [0.29, 0.717) is 9.80 Å². The lowest BCUT2D eigenvalue weighted by Crippen LogP contribution is -2.42. The summed E-state index contributed by atoms with van der Waals surface area (Å²) in [6.45, 7) is -0.627. The second-order valence-electron chi connectivity index (χ2n) is 4.00. The van der Waals surface area contributed by atoms with Crippen LogP contribution in [0.15, 0.2) is 0 Å². The van der Waals surface area contributed by atoms with E-state index in [9.17, 15) is 24.0 Å². The molecule has 1 heterocycles. The molecule has 0 aromatic carbocycles. The number of carboxylic acid groups (broad SMARTS) is 1. The number of hydrogen-bond donors (Lipinski definition) is 1. The summed E-state index contributed by atoms with van der Waals surface area (Å²) < 4.78 is 0. The van der Waals surface area contributed by atoms with E-state index >= 15 is 0 Å². The van der Waals surface area contributed by atoms with Gasteiger partial charge in [-0.1, -0.05) is 0 Å². The lowest BCUT2D eigenvalue weighted by atomic mass is 10.3. The number of aliphatic carboxylic acids is 1. The van der Waals surface area contributed by atoms with Crippen LogP contribution in [-0.2, 0) is 19.2 Å². The van der Waals surface area contributed by atoms with Gasteiger partial charge in [0.15, 0.2) is 0 Å². The summed E-state index contributed by atoms with van der Waals surface area (Å²) >= 11 is 0. The number of carbonyl (C=O) groups excluding carboxylic acids is 4. The van der Waals surface area contributed by atoms with Gasteiger partial charge in [-0.05, 0) is 0 Å². The van der Waals surface area contributed by atoms with Crippen LogP contribution < -0.4 is 0 Å². The Morgan fingerprint density at radius 2 is 1.79 bits per heavy atom. The first-order valence-corrected chi connectivity index (χ1v) is 5.35. The van der Waals surface area contributed by atoms with Gasteiger partial charge in [0.05, 0.1) is 6.42 Å². The highest BCUT2D eigenvalue weighted by Gasteiger charge is 2.43. The molecule has 0 atom stereocenters. The molecule has 1 aliphatic rings. The van der Waals surface area contributed by atoms with E-state index < -0.39 is 36.3 Å². The van der Waals surface area contributed by atoms with Crippen LogP contribution in [0.3, 0.4) is 0 Å². The number of amides is 5. The van der Waals surface area contributed by atoms with E-state index in [0.717, 1.165) is 11.9 Å². The largest absolute Gasteiger partial charge is 0.481 e. The van der Waals surface area contributed by atoms with Crippen molar-refractivity contribution in [1.29, 1.82) is 0 Å². The average molecular weight is 271 g/mol. The van der Waals surface area contributed by atoms with Crippen LogP contribution >= 0.6 is 0 Å². The minimum absolute atomic E-state index is 0.0474. The van der Waals surface area contributed by atoms with E-state index in [2.05, 4.69) is 0 Å². The summed E-state index contributed by atoms with van der Waals surface area (Å²) in [5, 5.41) is 8.47. The maximum atomic E-state index is 11.7. The molecule has 5 amide bonds. The van der Waals surface area contributed by atoms with Gasteiger partial charge in [0.25, 0.3) is 0 Å². The van der Waals surface area contributed by atoms with Crippen LogP contribution in [0, 0.1) is 0 Å². The molecule has 0 saturated carbocycles. The Kier molecular flexibility index (Phi) is 4.20. The van der Waals surface area contributed by atoms with Gasteiger partial charge >= 0.3 is 23.8 Å². The van der Waals surface area contributed by atoms with Gasteiger partial charge in [-0.15, -0.1) is 0 Å². The van der Waals surface area contributed by atoms with Crippen molar-refractivity contribution in [3.05, 3.63) is 0 Å². The molecule has 0 aromatic heterocycles. The third kappa shape index (κ3) is 3.06. The molecule has 0 spiro atoms. The molecule has 19 heavy (non-hydrogen) atoms. The van der Waals surface area contributed by atoms with Gasteiger partial charge in [0, 0.05) is 20.6 Å². The molecule has 1 aliphatic heterocycles. The SMILES string of the molecule is CN(CCC(=O)O)C(=O)CN1C(=O)C(=O)N(C)C1=O. The van der Waals surface area contributed by atoms with E-state index in [-0.39, 0.29) is 13.0 Å². The van der Waals surface area contributed by atoms with Crippen molar-refractivity contribution in [2.24, 2.45) is 0 Å². The van der Waals surface area contributed by atoms with E-state index in [1.807, 2.05) is 0 Å². The molecule has 9 nitrogen and oxygen atoms in total. The Balaban J connectivity index is 2.62. The monoisotopic (exact) mass is 271 g/mol. The first kappa shape index (κ1) is 14.6. The maximum Gasteiger partial charge on any atom is 0.334 e. The smallest absolute Gasteiger partial charge is 0.334 e. The van der Waals surface area contributed by atoms with E-state index in [1.54, 1.807) is 0 Å². The Labute approximate surface area is 108 Å².